The van der Waals surface area contributed by atoms with E-state index in [4.69, 9.17) is 5.11 Å². The average Bonchev–Trinajstić information content (AvgIpc) is 2.94. The molecule has 2 rings (SSSR count). The van der Waals surface area contributed by atoms with Crippen LogP contribution in [0.25, 0.3) is 0 Å². The van der Waals surface area contributed by atoms with Crippen LogP contribution in [0.2, 0.25) is 0 Å². The van der Waals surface area contributed by atoms with Gasteiger partial charge in [-0.15, -0.1) is 0 Å². The third-order valence-corrected chi connectivity index (χ3v) is 2.99. The van der Waals surface area contributed by atoms with Crippen LogP contribution in [0.3, 0.4) is 0 Å². The van der Waals surface area contributed by atoms with Crippen LogP contribution >= 0.6 is 0 Å². The maximum atomic E-state index is 12.1. The summed E-state index contributed by atoms with van der Waals surface area (Å²) in [6.07, 6.45) is 3.46. The molecule has 0 aliphatic rings. The number of aromatic nitrogens is 2. The number of anilines is 1. The van der Waals surface area contributed by atoms with Crippen molar-refractivity contribution in [1.29, 1.82) is 0 Å². The van der Waals surface area contributed by atoms with Crippen LogP contribution in [-0.4, -0.2) is 31.7 Å². The molecule has 0 atom stereocenters. The monoisotopic (exact) mass is 318 g/mol. The van der Waals surface area contributed by atoms with Crippen molar-refractivity contribution in [2.24, 2.45) is 0 Å². The van der Waals surface area contributed by atoms with Gasteiger partial charge in [-0.2, -0.15) is 5.10 Å². The number of rotatable bonds is 7. The van der Waals surface area contributed by atoms with Gasteiger partial charge >= 0.3 is 5.97 Å². The minimum atomic E-state index is -0.878. The van der Waals surface area contributed by atoms with Gasteiger partial charge in [0.2, 0.25) is 0 Å². The van der Waals surface area contributed by atoms with E-state index < -0.39 is 16.8 Å². The van der Waals surface area contributed by atoms with Gasteiger partial charge in [0.15, 0.2) is 0 Å². The fourth-order valence-corrected chi connectivity index (χ4v) is 1.91. The molecule has 1 aromatic heterocycles. The molecule has 0 radical (unpaired) electrons. The van der Waals surface area contributed by atoms with E-state index in [0.29, 0.717) is 18.7 Å². The number of nitro groups is 1. The van der Waals surface area contributed by atoms with Gasteiger partial charge in [0.25, 0.3) is 11.6 Å². The van der Waals surface area contributed by atoms with Gasteiger partial charge in [-0.05, 0) is 12.5 Å². The van der Waals surface area contributed by atoms with Gasteiger partial charge in [-0.1, -0.05) is 6.07 Å². The molecule has 2 aromatic rings. The molecule has 1 aromatic carbocycles. The Kier molecular flexibility index (Phi) is 5.03. The first kappa shape index (κ1) is 16.1. The molecule has 0 fully saturated rings. The average molecular weight is 318 g/mol. The minimum Gasteiger partial charge on any atom is -0.481 e. The van der Waals surface area contributed by atoms with Crippen LogP contribution in [0.15, 0.2) is 36.7 Å². The Hall–Kier alpha value is -3.23. The van der Waals surface area contributed by atoms with Gasteiger partial charge in [-0.25, -0.2) is 0 Å². The summed E-state index contributed by atoms with van der Waals surface area (Å²) in [5, 5.41) is 25.9. The van der Waals surface area contributed by atoms with Crippen molar-refractivity contribution < 1.29 is 19.6 Å². The van der Waals surface area contributed by atoms with Gasteiger partial charge in [0.05, 0.1) is 16.8 Å². The zero-order valence-corrected chi connectivity index (χ0v) is 12.0. The Morgan fingerprint density at radius 1 is 1.39 bits per heavy atom. The highest BCUT2D eigenvalue weighted by Gasteiger charge is 2.12. The Morgan fingerprint density at radius 2 is 2.17 bits per heavy atom. The molecule has 0 saturated heterocycles. The number of carboxylic acids is 1. The van der Waals surface area contributed by atoms with Crippen LogP contribution < -0.4 is 5.32 Å². The minimum absolute atomic E-state index is 0.0369. The molecule has 9 nitrogen and oxygen atoms in total. The van der Waals surface area contributed by atoms with Crippen molar-refractivity contribution in [3.8, 4) is 0 Å². The Labute approximate surface area is 130 Å². The smallest absolute Gasteiger partial charge is 0.303 e. The van der Waals surface area contributed by atoms with Crippen molar-refractivity contribution in [2.45, 2.75) is 19.4 Å². The molecule has 0 spiro atoms. The van der Waals surface area contributed by atoms with E-state index in [1.165, 1.54) is 35.1 Å². The molecule has 2 N–H and O–H groups in total. The van der Waals surface area contributed by atoms with Crippen LogP contribution in [-0.2, 0) is 11.3 Å². The van der Waals surface area contributed by atoms with Crippen molar-refractivity contribution in [3.63, 3.8) is 0 Å². The Morgan fingerprint density at radius 3 is 2.87 bits per heavy atom. The summed E-state index contributed by atoms with van der Waals surface area (Å²) >= 11 is 0. The van der Waals surface area contributed by atoms with E-state index >= 15 is 0 Å². The molecule has 0 saturated carbocycles. The van der Waals surface area contributed by atoms with E-state index in [2.05, 4.69) is 10.4 Å². The number of carbonyl (C=O) groups is 2. The van der Waals surface area contributed by atoms with Crippen molar-refractivity contribution in [3.05, 3.63) is 52.3 Å². The van der Waals surface area contributed by atoms with Crippen LogP contribution in [0.5, 0.6) is 0 Å². The number of aliphatic carboxylic acids is 1. The molecule has 9 heteroatoms. The highest BCUT2D eigenvalue weighted by molar-refractivity contribution is 6.04. The fraction of sp³-hybridized carbons (Fsp3) is 0.214. The number of nitro benzene ring substituents is 1. The number of benzene rings is 1. The number of carboxylic acid groups (broad SMARTS) is 1. The lowest BCUT2D eigenvalue weighted by Gasteiger charge is -2.02. The summed E-state index contributed by atoms with van der Waals surface area (Å²) in [6.45, 7) is 0.416. The fourth-order valence-electron chi connectivity index (χ4n) is 1.91. The van der Waals surface area contributed by atoms with Gasteiger partial charge < -0.3 is 10.4 Å². The number of non-ortho nitro benzene ring substituents is 1. The zero-order valence-electron chi connectivity index (χ0n) is 12.0. The molecular formula is C14H14N4O5. The summed E-state index contributed by atoms with van der Waals surface area (Å²) in [5.41, 5.74) is 0.427. The lowest BCUT2D eigenvalue weighted by molar-refractivity contribution is -0.384. The van der Waals surface area contributed by atoms with Crippen LogP contribution in [0, 0.1) is 10.1 Å². The van der Waals surface area contributed by atoms with Gasteiger partial charge in [0, 0.05) is 36.9 Å². The zero-order chi connectivity index (χ0) is 16.8. The maximum Gasteiger partial charge on any atom is 0.303 e. The van der Waals surface area contributed by atoms with Crippen molar-refractivity contribution in [2.75, 3.05) is 5.32 Å². The third-order valence-electron chi connectivity index (χ3n) is 2.99. The summed E-state index contributed by atoms with van der Waals surface area (Å²) in [6, 6.07) is 5.39. The van der Waals surface area contributed by atoms with E-state index in [0.717, 1.165) is 0 Å². The lowest BCUT2D eigenvalue weighted by atomic mass is 10.2. The second kappa shape index (κ2) is 7.16. The van der Waals surface area contributed by atoms with Gasteiger partial charge in [-0.3, -0.25) is 24.4 Å². The predicted molar refractivity (Wildman–Crippen MR) is 80.1 cm³/mol. The number of aryl methyl sites for hydroxylation is 1. The third kappa shape index (κ3) is 4.63. The number of nitrogens with zero attached hydrogens (tertiary/aromatic N) is 3. The first-order chi connectivity index (χ1) is 11.0. The molecule has 23 heavy (non-hydrogen) atoms. The standard InChI is InChI=1S/C14H14N4O5/c19-13(20)5-2-6-17-9-11(8-15-17)16-14(21)10-3-1-4-12(7-10)18(22)23/h1,3-4,7-9H,2,5-6H2,(H,16,21)(H,19,20). The van der Waals surface area contributed by atoms with Crippen molar-refractivity contribution in [1.82, 2.24) is 9.78 Å². The summed E-state index contributed by atoms with van der Waals surface area (Å²) in [7, 11) is 0. The number of nitrogens with one attached hydrogen (secondary N) is 1. The first-order valence-corrected chi connectivity index (χ1v) is 6.76. The van der Waals surface area contributed by atoms with E-state index in [1.807, 2.05) is 0 Å². The maximum absolute atomic E-state index is 12.1. The molecule has 0 aliphatic heterocycles. The summed E-state index contributed by atoms with van der Waals surface area (Å²) in [5.74, 6) is -1.37. The second-order valence-electron chi connectivity index (χ2n) is 4.75. The second-order valence-corrected chi connectivity index (χ2v) is 4.75. The molecule has 1 heterocycles. The number of hydrogen-bond acceptors (Lipinski definition) is 5. The number of hydrogen-bond donors (Lipinski definition) is 2. The molecule has 0 bridgehead atoms. The van der Waals surface area contributed by atoms with E-state index in [1.54, 1.807) is 6.20 Å². The molecule has 1 amide bonds. The normalized spacial score (nSPS) is 10.3. The highest BCUT2D eigenvalue weighted by Crippen LogP contribution is 2.15. The lowest BCUT2D eigenvalue weighted by Crippen LogP contribution is -2.11. The largest absolute Gasteiger partial charge is 0.481 e. The molecule has 0 unspecified atom stereocenters. The predicted octanol–water partition coefficient (Wildman–Crippen LogP) is 1.91. The van der Waals surface area contributed by atoms with Crippen molar-refractivity contribution >= 4 is 23.3 Å². The quantitative estimate of drug-likeness (QED) is 0.593. The van der Waals surface area contributed by atoms with Gasteiger partial charge in [0.1, 0.15) is 0 Å². The number of carbonyl (C=O) groups excluding carboxylic acids is 1. The summed E-state index contributed by atoms with van der Waals surface area (Å²) < 4.78 is 1.52. The summed E-state index contributed by atoms with van der Waals surface area (Å²) in [4.78, 5) is 32.6. The van der Waals surface area contributed by atoms with E-state index in [9.17, 15) is 19.7 Å². The Balaban J connectivity index is 1.98. The molecule has 0 aliphatic carbocycles. The highest BCUT2D eigenvalue weighted by atomic mass is 16.6. The van der Waals surface area contributed by atoms with Crippen LogP contribution in [0.4, 0.5) is 11.4 Å². The van der Waals surface area contributed by atoms with E-state index in [-0.39, 0.29) is 17.7 Å². The van der Waals surface area contributed by atoms with Crippen LogP contribution in [0.1, 0.15) is 23.2 Å². The topological polar surface area (TPSA) is 127 Å². The Bertz CT molecular complexity index is 740. The molecule has 120 valence electrons. The SMILES string of the molecule is O=C(O)CCCn1cc(NC(=O)c2cccc([N+](=O)[O-])c2)cn1. The molecular weight excluding hydrogens is 304 g/mol. The first-order valence-electron chi connectivity index (χ1n) is 6.76. The number of amides is 1.